The number of benzene rings is 1. The van der Waals surface area contributed by atoms with Gasteiger partial charge in [0.25, 0.3) is 0 Å². The molecule has 0 saturated heterocycles. The van der Waals surface area contributed by atoms with E-state index in [1.165, 1.54) is 0 Å². The molecule has 4 heteroatoms. The monoisotopic (exact) mass is 231 g/mol. The molecule has 0 saturated carbocycles. The lowest BCUT2D eigenvalue weighted by Crippen LogP contribution is -2.04. The Kier molecular flexibility index (Phi) is 3.44. The number of aryl methyl sites for hydroxylation is 1. The van der Waals surface area contributed by atoms with Gasteiger partial charge in [0.2, 0.25) is 0 Å². The number of aromatic nitrogens is 2. The summed E-state index contributed by atoms with van der Waals surface area (Å²) in [6.45, 7) is 2.62. The van der Waals surface area contributed by atoms with E-state index in [-0.39, 0.29) is 0 Å². The van der Waals surface area contributed by atoms with Gasteiger partial charge in [-0.05, 0) is 32.0 Å². The van der Waals surface area contributed by atoms with Crippen molar-refractivity contribution in [2.24, 2.45) is 5.73 Å². The summed E-state index contributed by atoms with van der Waals surface area (Å²) in [6.07, 6.45) is 0.815. The standard InChI is InChI=1S/C13H17N3O/c1-9-10(7-8-14)13(16-15-9)11-5-3-4-6-12(11)17-2/h3-6H,7-8,14H2,1-2H3,(H,15,16). The summed E-state index contributed by atoms with van der Waals surface area (Å²) in [7, 11) is 1.67. The van der Waals surface area contributed by atoms with Crippen molar-refractivity contribution in [2.75, 3.05) is 13.7 Å². The molecule has 1 aromatic heterocycles. The molecular weight excluding hydrogens is 214 g/mol. The van der Waals surface area contributed by atoms with Gasteiger partial charge in [0, 0.05) is 16.8 Å². The number of hydrogen-bond donors (Lipinski definition) is 2. The highest BCUT2D eigenvalue weighted by atomic mass is 16.5. The Morgan fingerprint density at radius 1 is 1.35 bits per heavy atom. The fourth-order valence-electron chi connectivity index (χ4n) is 1.97. The summed E-state index contributed by atoms with van der Waals surface area (Å²) in [5, 5.41) is 7.36. The molecule has 3 N–H and O–H groups in total. The zero-order valence-electron chi connectivity index (χ0n) is 10.2. The van der Waals surface area contributed by atoms with Crippen molar-refractivity contribution < 1.29 is 4.74 Å². The summed E-state index contributed by atoms with van der Waals surface area (Å²) in [6, 6.07) is 7.87. The van der Waals surface area contributed by atoms with Gasteiger partial charge in [0.15, 0.2) is 0 Å². The van der Waals surface area contributed by atoms with Crippen LogP contribution < -0.4 is 10.5 Å². The van der Waals surface area contributed by atoms with Crippen LogP contribution >= 0.6 is 0 Å². The molecule has 0 aliphatic carbocycles. The van der Waals surface area contributed by atoms with Crippen molar-refractivity contribution >= 4 is 0 Å². The molecule has 0 spiro atoms. The fraction of sp³-hybridized carbons (Fsp3) is 0.308. The first-order valence-corrected chi connectivity index (χ1v) is 5.65. The van der Waals surface area contributed by atoms with E-state index in [1.54, 1.807) is 7.11 Å². The second kappa shape index (κ2) is 5.01. The number of H-pyrrole nitrogens is 1. The lowest BCUT2D eigenvalue weighted by molar-refractivity contribution is 0.416. The van der Waals surface area contributed by atoms with E-state index in [1.807, 2.05) is 31.2 Å². The van der Waals surface area contributed by atoms with Crippen LogP contribution in [0.25, 0.3) is 11.3 Å². The zero-order valence-corrected chi connectivity index (χ0v) is 10.2. The van der Waals surface area contributed by atoms with E-state index < -0.39 is 0 Å². The number of methoxy groups -OCH3 is 1. The van der Waals surface area contributed by atoms with Crippen LogP contribution in [-0.2, 0) is 6.42 Å². The van der Waals surface area contributed by atoms with Gasteiger partial charge in [-0.2, -0.15) is 5.10 Å². The highest BCUT2D eigenvalue weighted by molar-refractivity contribution is 5.70. The van der Waals surface area contributed by atoms with Gasteiger partial charge in [-0.1, -0.05) is 12.1 Å². The molecule has 0 radical (unpaired) electrons. The summed E-state index contributed by atoms with van der Waals surface area (Å²) in [5.74, 6) is 0.831. The Bertz CT molecular complexity index is 505. The Hall–Kier alpha value is -1.81. The lowest BCUT2D eigenvalue weighted by atomic mass is 10.0. The predicted octanol–water partition coefficient (Wildman–Crippen LogP) is 1.89. The minimum atomic E-state index is 0.614. The number of nitrogens with two attached hydrogens (primary N) is 1. The zero-order chi connectivity index (χ0) is 12.3. The smallest absolute Gasteiger partial charge is 0.128 e. The molecule has 0 aliphatic rings. The Labute approximate surface area is 101 Å². The summed E-state index contributed by atoms with van der Waals surface area (Å²) >= 11 is 0. The molecule has 0 amide bonds. The highest BCUT2D eigenvalue weighted by Crippen LogP contribution is 2.31. The van der Waals surface area contributed by atoms with Crippen molar-refractivity contribution in [3.63, 3.8) is 0 Å². The van der Waals surface area contributed by atoms with Crippen molar-refractivity contribution in [1.29, 1.82) is 0 Å². The largest absolute Gasteiger partial charge is 0.496 e. The Balaban J connectivity index is 2.52. The molecule has 90 valence electrons. The van der Waals surface area contributed by atoms with E-state index >= 15 is 0 Å². The number of hydrogen-bond acceptors (Lipinski definition) is 3. The van der Waals surface area contributed by atoms with Crippen LogP contribution in [-0.4, -0.2) is 23.9 Å². The van der Waals surface area contributed by atoms with Gasteiger partial charge in [-0.25, -0.2) is 0 Å². The fourth-order valence-corrected chi connectivity index (χ4v) is 1.97. The van der Waals surface area contributed by atoms with E-state index in [0.29, 0.717) is 6.54 Å². The molecular formula is C13H17N3O. The van der Waals surface area contributed by atoms with E-state index in [4.69, 9.17) is 10.5 Å². The maximum absolute atomic E-state index is 5.63. The normalized spacial score (nSPS) is 10.5. The molecule has 17 heavy (non-hydrogen) atoms. The number of aromatic amines is 1. The van der Waals surface area contributed by atoms with E-state index in [2.05, 4.69) is 10.2 Å². The molecule has 2 aromatic rings. The first kappa shape index (κ1) is 11.7. The van der Waals surface area contributed by atoms with E-state index in [0.717, 1.165) is 34.7 Å². The molecule has 2 rings (SSSR count). The minimum absolute atomic E-state index is 0.614. The second-order valence-corrected chi connectivity index (χ2v) is 3.91. The number of rotatable bonds is 4. The van der Waals surface area contributed by atoms with Crippen molar-refractivity contribution in [1.82, 2.24) is 10.2 Å². The predicted molar refractivity (Wildman–Crippen MR) is 68.1 cm³/mol. The van der Waals surface area contributed by atoms with Gasteiger partial charge in [0.05, 0.1) is 12.8 Å². The quantitative estimate of drug-likeness (QED) is 0.844. The topological polar surface area (TPSA) is 63.9 Å². The third kappa shape index (κ3) is 2.17. The number of nitrogens with zero attached hydrogens (tertiary/aromatic N) is 1. The first-order chi connectivity index (χ1) is 8.27. The van der Waals surface area contributed by atoms with Gasteiger partial charge in [0.1, 0.15) is 5.75 Å². The maximum Gasteiger partial charge on any atom is 0.128 e. The maximum atomic E-state index is 5.63. The minimum Gasteiger partial charge on any atom is -0.496 e. The Morgan fingerprint density at radius 3 is 2.82 bits per heavy atom. The number of nitrogens with one attached hydrogen (secondary N) is 1. The summed E-state index contributed by atoms with van der Waals surface area (Å²) < 4.78 is 5.36. The number of para-hydroxylation sites is 1. The van der Waals surface area contributed by atoms with Crippen LogP contribution in [0.4, 0.5) is 0 Å². The SMILES string of the molecule is COc1ccccc1-c1n[nH]c(C)c1CCN. The van der Waals surface area contributed by atoms with Crippen molar-refractivity contribution in [2.45, 2.75) is 13.3 Å². The van der Waals surface area contributed by atoms with Crippen LogP contribution in [0.2, 0.25) is 0 Å². The van der Waals surface area contributed by atoms with E-state index in [9.17, 15) is 0 Å². The lowest BCUT2D eigenvalue weighted by Gasteiger charge is -2.07. The molecule has 0 fully saturated rings. The highest BCUT2D eigenvalue weighted by Gasteiger charge is 2.14. The van der Waals surface area contributed by atoms with Crippen LogP contribution in [0.1, 0.15) is 11.3 Å². The average Bonchev–Trinajstić information content (AvgIpc) is 2.72. The van der Waals surface area contributed by atoms with Crippen molar-refractivity contribution in [3.05, 3.63) is 35.5 Å². The van der Waals surface area contributed by atoms with Crippen LogP contribution in [0.15, 0.2) is 24.3 Å². The molecule has 4 nitrogen and oxygen atoms in total. The summed E-state index contributed by atoms with van der Waals surface area (Å²) in [4.78, 5) is 0. The van der Waals surface area contributed by atoms with Crippen molar-refractivity contribution in [3.8, 4) is 17.0 Å². The van der Waals surface area contributed by atoms with Gasteiger partial charge >= 0.3 is 0 Å². The van der Waals surface area contributed by atoms with Crippen LogP contribution in [0, 0.1) is 6.92 Å². The molecule has 0 unspecified atom stereocenters. The third-order valence-electron chi connectivity index (χ3n) is 2.83. The van der Waals surface area contributed by atoms with Crippen LogP contribution in [0.5, 0.6) is 5.75 Å². The van der Waals surface area contributed by atoms with Gasteiger partial charge in [-0.3, -0.25) is 5.10 Å². The summed E-state index contributed by atoms with van der Waals surface area (Å²) in [5.41, 5.74) is 9.80. The molecule has 1 aromatic carbocycles. The molecule has 0 aliphatic heterocycles. The third-order valence-corrected chi connectivity index (χ3v) is 2.83. The molecule has 1 heterocycles. The second-order valence-electron chi connectivity index (χ2n) is 3.91. The van der Waals surface area contributed by atoms with Gasteiger partial charge in [-0.15, -0.1) is 0 Å². The van der Waals surface area contributed by atoms with Gasteiger partial charge < -0.3 is 10.5 Å². The average molecular weight is 231 g/mol. The number of ether oxygens (including phenoxy) is 1. The first-order valence-electron chi connectivity index (χ1n) is 5.65. The molecule has 0 bridgehead atoms. The van der Waals surface area contributed by atoms with Crippen LogP contribution in [0.3, 0.4) is 0 Å². The Morgan fingerprint density at radius 2 is 2.12 bits per heavy atom. The molecule has 0 atom stereocenters.